The van der Waals surface area contributed by atoms with Gasteiger partial charge in [0, 0.05) is 43.7 Å². The number of anilines is 3. The lowest BCUT2D eigenvalue weighted by molar-refractivity contribution is 1.17. The fourth-order valence-electron chi connectivity index (χ4n) is 10.1. The molecule has 0 radical (unpaired) electrons. The van der Waals surface area contributed by atoms with Crippen molar-refractivity contribution in [3.8, 4) is 5.69 Å². The van der Waals surface area contributed by atoms with Crippen LogP contribution in [0.5, 0.6) is 0 Å². The Labute approximate surface area is 327 Å². The molecule has 0 fully saturated rings. The van der Waals surface area contributed by atoms with Gasteiger partial charge in [0.25, 0.3) is 0 Å². The Balaban J connectivity index is 1.22. The van der Waals surface area contributed by atoms with Crippen LogP contribution in [0.15, 0.2) is 200 Å². The normalized spacial score (nSPS) is 12.2. The molecule has 0 spiro atoms. The van der Waals surface area contributed by atoms with Gasteiger partial charge in [0.2, 0.25) is 0 Å². The molecule has 0 aliphatic heterocycles. The van der Waals surface area contributed by atoms with Gasteiger partial charge in [0.15, 0.2) is 0 Å². The minimum absolute atomic E-state index is 1.11. The zero-order chi connectivity index (χ0) is 37.2. The molecule has 3 nitrogen and oxygen atoms in total. The second-order valence-corrected chi connectivity index (χ2v) is 15.2. The molecule has 3 heterocycles. The average molecular weight is 724 g/mol. The predicted octanol–water partition coefficient (Wildman–Crippen LogP) is 14.9. The molecular weight excluding hydrogens is 691 g/mol. The molecule has 0 unspecified atom stereocenters. The van der Waals surface area contributed by atoms with E-state index in [0.29, 0.717) is 0 Å². The molecule has 3 heteroatoms. The smallest absolute Gasteiger partial charge is 0.0782 e. The maximum atomic E-state index is 2.54. The highest BCUT2D eigenvalue weighted by Crippen LogP contribution is 2.49. The van der Waals surface area contributed by atoms with Crippen LogP contribution in [0.3, 0.4) is 0 Å². The summed E-state index contributed by atoms with van der Waals surface area (Å²) < 4.78 is 4.98. The van der Waals surface area contributed by atoms with Crippen molar-refractivity contribution < 1.29 is 0 Å². The molecule has 10 aromatic carbocycles. The Morgan fingerprint density at radius 3 is 1.39 bits per heavy atom. The molecular formula is C54H33N3. The summed E-state index contributed by atoms with van der Waals surface area (Å²) in [7, 11) is 0. The van der Waals surface area contributed by atoms with E-state index >= 15 is 0 Å². The van der Waals surface area contributed by atoms with E-state index in [9.17, 15) is 0 Å². The Kier molecular flexibility index (Phi) is 6.16. The third-order valence-corrected chi connectivity index (χ3v) is 12.4. The van der Waals surface area contributed by atoms with Gasteiger partial charge in [0.05, 0.1) is 39.0 Å². The third kappa shape index (κ3) is 4.10. The lowest BCUT2D eigenvalue weighted by Gasteiger charge is -2.28. The third-order valence-electron chi connectivity index (χ3n) is 12.4. The summed E-state index contributed by atoms with van der Waals surface area (Å²) in [4.78, 5) is 2.54. The van der Waals surface area contributed by atoms with Crippen molar-refractivity contribution in [3.05, 3.63) is 200 Å². The lowest BCUT2D eigenvalue weighted by atomic mass is 9.94. The van der Waals surface area contributed by atoms with E-state index in [2.05, 4.69) is 214 Å². The predicted molar refractivity (Wildman–Crippen MR) is 243 cm³/mol. The van der Waals surface area contributed by atoms with Gasteiger partial charge in [-0.25, -0.2) is 0 Å². The van der Waals surface area contributed by atoms with Gasteiger partial charge in [0.1, 0.15) is 0 Å². The molecule has 264 valence electrons. The van der Waals surface area contributed by atoms with Gasteiger partial charge in [-0.05, 0) is 80.8 Å². The van der Waals surface area contributed by atoms with E-state index < -0.39 is 0 Å². The first kappa shape index (κ1) is 30.7. The first-order valence-electron chi connectivity index (χ1n) is 19.7. The van der Waals surface area contributed by atoms with Crippen LogP contribution in [0.25, 0.3) is 97.9 Å². The molecule has 0 saturated heterocycles. The minimum Gasteiger partial charge on any atom is -0.307 e. The molecule has 0 aliphatic rings. The van der Waals surface area contributed by atoms with Crippen molar-refractivity contribution in [2.24, 2.45) is 0 Å². The number of benzene rings is 10. The molecule has 0 saturated carbocycles. The Morgan fingerprint density at radius 2 is 0.719 bits per heavy atom. The van der Waals surface area contributed by atoms with Crippen LogP contribution in [0.2, 0.25) is 0 Å². The summed E-state index contributed by atoms with van der Waals surface area (Å²) in [6.45, 7) is 0. The largest absolute Gasteiger partial charge is 0.307 e. The summed E-state index contributed by atoms with van der Waals surface area (Å²) in [5, 5.41) is 15.1. The molecule has 0 bridgehead atoms. The molecule has 13 aromatic rings. The van der Waals surface area contributed by atoms with Crippen LogP contribution in [0.4, 0.5) is 17.1 Å². The van der Waals surface area contributed by atoms with Gasteiger partial charge in [-0.1, -0.05) is 152 Å². The monoisotopic (exact) mass is 723 g/mol. The highest BCUT2D eigenvalue weighted by atomic mass is 15.2. The quantitative estimate of drug-likeness (QED) is 0.165. The van der Waals surface area contributed by atoms with Crippen molar-refractivity contribution >= 4 is 109 Å². The van der Waals surface area contributed by atoms with Crippen molar-refractivity contribution in [2.75, 3.05) is 4.90 Å². The van der Waals surface area contributed by atoms with Crippen LogP contribution in [0.1, 0.15) is 0 Å². The van der Waals surface area contributed by atoms with Gasteiger partial charge >= 0.3 is 0 Å². The molecule has 13 rings (SSSR count). The van der Waals surface area contributed by atoms with Crippen LogP contribution in [-0.4, -0.2) is 8.97 Å². The van der Waals surface area contributed by atoms with E-state index in [1.165, 1.54) is 92.2 Å². The van der Waals surface area contributed by atoms with Gasteiger partial charge < -0.3 is 13.9 Å². The van der Waals surface area contributed by atoms with Gasteiger partial charge in [-0.3, -0.25) is 0 Å². The first-order valence-corrected chi connectivity index (χ1v) is 19.7. The summed E-state index contributed by atoms with van der Waals surface area (Å²) in [6.07, 6.45) is 0. The number of hydrogen-bond acceptors (Lipinski definition) is 1. The fraction of sp³-hybridized carbons (Fsp3) is 0. The van der Waals surface area contributed by atoms with Crippen LogP contribution < -0.4 is 4.90 Å². The highest BCUT2D eigenvalue weighted by Gasteiger charge is 2.26. The molecule has 3 aromatic heterocycles. The average Bonchev–Trinajstić information content (AvgIpc) is 3.93. The second-order valence-electron chi connectivity index (χ2n) is 15.2. The van der Waals surface area contributed by atoms with E-state index in [1.807, 2.05) is 0 Å². The minimum atomic E-state index is 1.11. The summed E-state index contributed by atoms with van der Waals surface area (Å²) in [5.74, 6) is 0. The number of para-hydroxylation sites is 6. The fourth-order valence-corrected chi connectivity index (χ4v) is 10.1. The number of nitrogens with zero attached hydrogens (tertiary/aromatic N) is 3. The highest BCUT2D eigenvalue weighted by molar-refractivity contribution is 6.28. The number of fused-ring (bicyclic) bond motifs is 15. The van der Waals surface area contributed by atoms with Crippen LogP contribution >= 0.6 is 0 Å². The summed E-state index contributed by atoms with van der Waals surface area (Å²) in [5.41, 5.74) is 10.5. The second kappa shape index (κ2) is 11.5. The van der Waals surface area contributed by atoms with Crippen molar-refractivity contribution in [1.29, 1.82) is 0 Å². The van der Waals surface area contributed by atoms with Crippen LogP contribution in [0, 0.1) is 0 Å². The summed E-state index contributed by atoms with van der Waals surface area (Å²) >= 11 is 0. The number of hydrogen-bond donors (Lipinski definition) is 0. The number of rotatable bonds is 4. The van der Waals surface area contributed by atoms with E-state index in [-0.39, 0.29) is 0 Å². The lowest BCUT2D eigenvalue weighted by Crippen LogP contribution is -2.12. The number of aromatic nitrogens is 2. The molecule has 0 atom stereocenters. The molecule has 57 heavy (non-hydrogen) atoms. The zero-order valence-electron chi connectivity index (χ0n) is 30.9. The maximum absolute atomic E-state index is 2.54. The standard InChI is InChI=1S/C54H33N3/c1-2-15-34(16-3-1)56-48-27-10-8-22-42(48)44-25-13-29-50(53(44)56)55(35-31-32-40-38-19-5-4-17-36(38)37-18-6-7-20-39(37)47(40)33-35)51-30-14-26-46-45-24-12-23-43-41-21-9-11-28-49(41)57(52(43)45)54(46)51/h1-33H. The first-order chi connectivity index (χ1) is 28.3. The van der Waals surface area contributed by atoms with Gasteiger partial charge in [-0.15, -0.1) is 0 Å². The van der Waals surface area contributed by atoms with Gasteiger partial charge in [-0.2, -0.15) is 0 Å². The SMILES string of the molecule is c1ccc(-n2c3ccccc3c3cccc(N(c4ccc5c6ccccc6c6ccccc6c5c4)c4cccc5c6cccc7c8ccccc8n(c45)c76)c32)cc1. The molecule has 0 amide bonds. The Morgan fingerprint density at radius 1 is 0.281 bits per heavy atom. The molecule has 0 N–H and O–H groups in total. The maximum Gasteiger partial charge on any atom is 0.0782 e. The van der Waals surface area contributed by atoms with Crippen molar-refractivity contribution in [1.82, 2.24) is 8.97 Å². The van der Waals surface area contributed by atoms with Crippen molar-refractivity contribution in [3.63, 3.8) is 0 Å². The van der Waals surface area contributed by atoms with E-state index in [1.54, 1.807) is 0 Å². The topological polar surface area (TPSA) is 12.6 Å². The summed E-state index contributed by atoms with van der Waals surface area (Å²) in [6, 6.07) is 73.8. The van der Waals surface area contributed by atoms with Crippen molar-refractivity contribution in [2.45, 2.75) is 0 Å². The van der Waals surface area contributed by atoms with E-state index in [4.69, 9.17) is 0 Å². The van der Waals surface area contributed by atoms with E-state index in [0.717, 1.165) is 22.7 Å². The zero-order valence-corrected chi connectivity index (χ0v) is 30.9. The molecule has 0 aliphatic carbocycles. The Bertz CT molecular complexity index is 3720. The van der Waals surface area contributed by atoms with Crippen LogP contribution in [-0.2, 0) is 0 Å². The Hall–Kier alpha value is -7.62.